The molecule has 1 aliphatic heterocycles. The normalized spacial score (nSPS) is 15.5. The molecule has 3 aromatic heterocycles. The molecule has 4 heterocycles. The second kappa shape index (κ2) is 10.5. The van der Waals surface area contributed by atoms with Crippen LogP contribution in [0, 0.1) is 0 Å². The third-order valence-electron chi connectivity index (χ3n) is 5.82. The van der Waals surface area contributed by atoms with Crippen molar-refractivity contribution in [1.29, 1.82) is 0 Å². The topological polar surface area (TPSA) is 131 Å². The molecular weight excluding hydrogens is 456 g/mol. The third-order valence-corrected chi connectivity index (χ3v) is 5.82. The molecule has 4 N–H and O–H groups in total. The van der Waals surface area contributed by atoms with Gasteiger partial charge >= 0.3 is 0 Å². The lowest BCUT2D eigenvalue weighted by Crippen LogP contribution is -2.46. The van der Waals surface area contributed by atoms with Crippen molar-refractivity contribution in [2.24, 2.45) is 5.73 Å². The zero-order valence-electron chi connectivity index (χ0n) is 19.6. The number of amides is 1. The molecule has 0 aliphatic carbocycles. The molecule has 0 unspecified atom stereocenters. The van der Waals surface area contributed by atoms with Gasteiger partial charge in [0.15, 0.2) is 0 Å². The second-order valence-electron chi connectivity index (χ2n) is 8.27. The Morgan fingerprint density at radius 1 is 1.17 bits per heavy atom. The van der Waals surface area contributed by atoms with E-state index in [0.29, 0.717) is 36.0 Å². The summed E-state index contributed by atoms with van der Waals surface area (Å²) in [6.45, 7) is 6.11. The number of nitrogens with two attached hydrogens (primary N) is 1. The number of carbonyl (C=O) groups is 1. The number of hydrogen-bond donors (Lipinski definition) is 3. The van der Waals surface area contributed by atoms with Crippen molar-refractivity contribution in [3.05, 3.63) is 73.7 Å². The Morgan fingerprint density at radius 3 is 2.89 bits per heavy atom. The molecule has 10 heteroatoms. The van der Waals surface area contributed by atoms with Gasteiger partial charge in [0.25, 0.3) is 0 Å². The number of morpholine rings is 1. The smallest absolute Gasteiger partial charge is 0.247 e. The molecule has 182 valence electrons. The highest BCUT2D eigenvalue weighted by molar-refractivity contribution is 5.99. The van der Waals surface area contributed by atoms with E-state index in [4.69, 9.17) is 15.5 Å². The minimum Gasteiger partial charge on any atom is -0.373 e. The lowest BCUT2D eigenvalue weighted by molar-refractivity contribution is -0.111. The van der Waals surface area contributed by atoms with Gasteiger partial charge in [-0.05, 0) is 36.4 Å². The monoisotopic (exact) mass is 482 g/mol. The maximum absolute atomic E-state index is 11.7. The summed E-state index contributed by atoms with van der Waals surface area (Å²) in [5.41, 5.74) is 9.35. The first-order valence-corrected chi connectivity index (χ1v) is 11.6. The number of pyridine rings is 2. The number of hydrogen-bond acceptors (Lipinski definition) is 9. The SMILES string of the molecule is C=CC(=O)Nc1cccc(-c2nccc3cnc(Nc4ccc(N5CCO[C@H](CN)C5)nc4)nc23)c1. The number of fused-ring (bicyclic) bond motifs is 1. The number of benzene rings is 1. The molecule has 4 aromatic rings. The van der Waals surface area contributed by atoms with E-state index in [1.54, 1.807) is 18.6 Å². The number of carbonyl (C=O) groups excluding carboxylic acids is 1. The molecule has 5 rings (SSSR count). The van der Waals surface area contributed by atoms with Crippen LogP contribution in [0.3, 0.4) is 0 Å². The van der Waals surface area contributed by atoms with E-state index in [2.05, 4.69) is 37.1 Å². The predicted molar refractivity (Wildman–Crippen MR) is 140 cm³/mol. The van der Waals surface area contributed by atoms with Gasteiger partial charge in [0.05, 0.1) is 30.3 Å². The van der Waals surface area contributed by atoms with E-state index >= 15 is 0 Å². The van der Waals surface area contributed by atoms with Crippen LogP contribution in [0.5, 0.6) is 0 Å². The van der Waals surface area contributed by atoms with Crippen molar-refractivity contribution in [3.63, 3.8) is 0 Å². The molecule has 0 saturated carbocycles. The highest BCUT2D eigenvalue weighted by atomic mass is 16.5. The van der Waals surface area contributed by atoms with Gasteiger partial charge in [0.1, 0.15) is 11.3 Å². The Labute approximate surface area is 208 Å². The summed E-state index contributed by atoms with van der Waals surface area (Å²) >= 11 is 0. The predicted octanol–water partition coefficient (Wildman–Crippen LogP) is 3.12. The molecule has 36 heavy (non-hydrogen) atoms. The van der Waals surface area contributed by atoms with Crippen LogP contribution >= 0.6 is 0 Å². The van der Waals surface area contributed by atoms with Gasteiger partial charge in [-0.2, -0.15) is 0 Å². The van der Waals surface area contributed by atoms with Crippen molar-refractivity contribution in [2.75, 3.05) is 41.8 Å². The zero-order valence-corrected chi connectivity index (χ0v) is 19.6. The van der Waals surface area contributed by atoms with Gasteiger partial charge in [0, 0.05) is 48.7 Å². The molecular formula is C26H26N8O2. The summed E-state index contributed by atoms with van der Waals surface area (Å²) in [7, 11) is 0. The van der Waals surface area contributed by atoms with Crippen LogP contribution in [0.25, 0.3) is 22.2 Å². The Morgan fingerprint density at radius 2 is 2.08 bits per heavy atom. The number of rotatable bonds is 7. The molecule has 1 aromatic carbocycles. The minimum atomic E-state index is -0.278. The van der Waals surface area contributed by atoms with Gasteiger partial charge < -0.3 is 26.0 Å². The van der Waals surface area contributed by atoms with Crippen LogP contribution in [0.15, 0.2) is 73.7 Å². The van der Waals surface area contributed by atoms with Gasteiger partial charge in [-0.25, -0.2) is 15.0 Å². The Hall–Kier alpha value is -4.41. The van der Waals surface area contributed by atoms with Gasteiger partial charge in [-0.3, -0.25) is 9.78 Å². The second-order valence-corrected chi connectivity index (χ2v) is 8.27. The lowest BCUT2D eigenvalue weighted by atomic mass is 10.1. The third kappa shape index (κ3) is 5.14. The van der Waals surface area contributed by atoms with E-state index in [-0.39, 0.29) is 12.0 Å². The fourth-order valence-electron chi connectivity index (χ4n) is 4.01. The first-order valence-electron chi connectivity index (χ1n) is 11.6. The lowest BCUT2D eigenvalue weighted by Gasteiger charge is -2.33. The average Bonchev–Trinajstić information content (AvgIpc) is 2.93. The zero-order chi connectivity index (χ0) is 24.9. The summed E-state index contributed by atoms with van der Waals surface area (Å²) in [6.07, 6.45) is 6.47. The maximum Gasteiger partial charge on any atom is 0.247 e. The largest absolute Gasteiger partial charge is 0.373 e. The van der Waals surface area contributed by atoms with E-state index in [0.717, 1.165) is 35.5 Å². The highest BCUT2D eigenvalue weighted by Gasteiger charge is 2.20. The molecule has 10 nitrogen and oxygen atoms in total. The van der Waals surface area contributed by atoms with Crippen LogP contribution in [0.2, 0.25) is 0 Å². The summed E-state index contributed by atoms with van der Waals surface area (Å²) in [5.74, 6) is 1.02. The van der Waals surface area contributed by atoms with Crippen molar-refractivity contribution < 1.29 is 9.53 Å². The molecule has 1 aliphatic rings. The Bertz CT molecular complexity index is 1390. The summed E-state index contributed by atoms with van der Waals surface area (Å²) < 4.78 is 5.64. The number of aromatic nitrogens is 4. The first-order chi connectivity index (χ1) is 17.6. The molecule has 0 bridgehead atoms. The van der Waals surface area contributed by atoms with Crippen LogP contribution in [-0.4, -0.2) is 58.2 Å². The van der Waals surface area contributed by atoms with Crippen molar-refractivity contribution >= 4 is 40.0 Å². The average molecular weight is 483 g/mol. The summed E-state index contributed by atoms with van der Waals surface area (Å²) in [4.78, 5) is 32.2. The maximum atomic E-state index is 11.7. The van der Waals surface area contributed by atoms with Crippen LogP contribution in [0.1, 0.15) is 0 Å². The van der Waals surface area contributed by atoms with E-state index in [9.17, 15) is 4.79 Å². The molecule has 1 saturated heterocycles. The fourth-order valence-corrected chi connectivity index (χ4v) is 4.01. The Kier molecular flexibility index (Phi) is 6.78. The fraction of sp³-hybridized carbons (Fsp3) is 0.192. The molecule has 1 amide bonds. The quantitative estimate of drug-likeness (QED) is 0.340. The van der Waals surface area contributed by atoms with Gasteiger partial charge in [0.2, 0.25) is 11.9 Å². The number of ether oxygens (including phenoxy) is 1. The van der Waals surface area contributed by atoms with Crippen molar-refractivity contribution in [2.45, 2.75) is 6.10 Å². The molecule has 0 radical (unpaired) electrons. The van der Waals surface area contributed by atoms with Gasteiger partial charge in [-0.15, -0.1) is 0 Å². The first kappa shape index (κ1) is 23.3. The van der Waals surface area contributed by atoms with Crippen LogP contribution in [0.4, 0.5) is 23.1 Å². The number of nitrogens with zero attached hydrogens (tertiary/aromatic N) is 5. The van der Waals surface area contributed by atoms with E-state index in [1.165, 1.54) is 6.08 Å². The molecule has 0 spiro atoms. The van der Waals surface area contributed by atoms with Crippen LogP contribution in [-0.2, 0) is 9.53 Å². The molecule has 1 atom stereocenters. The van der Waals surface area contributed by atoms with Crippen molar-refractivity contribution in [3.8, 4) is 11.3 Å². The standard InChI is InChI=1S/C26H26N8O2/c1-2-23(35)31-19-5-3-4-17(12-19)24-25-18(8-9-28-24)14-30-26(33-25)32-20-6-7-22(29-15-20)34-10-11-36-21(13-27)16-34/h2-9,12,14-15,21H,1,10-11,13,16,27H2,(H,31,35)(H,30,32,33)/t21-/m1/s1. The summed E-state index contributed by atoms with van der Waals surface area (Å²) in [5, 5.41) is 6.85. The Balaban J connectivity index is 1.38. The van der Waals surface area contributed by atoms with E-state index < -0.39 is 0 Å². The van der Waals surface area contributed by atoms with Crippen molar-refractivity contribution in [1.82, 2.24) is 19.9 Å². The minimum absolute atomic E-state index is 0.0195. The van der Waals surface area contributed by atoms with Gasteiger partial charge in [-0.1, -0.05) is 18.7 Å². The highest BCUT2D eigenvalue weighted by Crippen LogP contribution is 2.28. The van der Waals surface area contributed by atoms with Crippen LogP contribution < -0.4 is 21.3 Å². The van der Waals surface area contributed by atoms with E-state index in [1.807, 2.05) is 42.5 Å². The molecule has 1 fully saturated rings. The summed E-state index contributed by atoms with van der Waals surface area (Å²) in [6, 6.07) is 13.2. The number of anilines is 4. The number of nitrogens with one attached hydrogen (secondary N) is 2.